The monoisotopic (exact) mass is 347 g/mol. The van der Waals surface area contributed by atoms with Gasteiger partial charge >= 0.3 is 0 Å². The molecule has 0 aromatic heterocycles. The van der Waals surface area contributed by atoms with Gasteiger partial charge in [0.05, 0.1) is 18.9 Å². The summed E-state index contributed by atoms with van der Waals surface area (Å²) in [4.78, 5) is 14.4. The molecule has 0 aliphatic rings. The van der Waals surface area contributed by atoms with Crippen LogP contribution in [0.25, 0.3) is 0 Å². The van der Waals surface area contributed by atoms with Crippen molar-refractivity contribution in [1.29, 1.82) is 0 Å². The lowest BCUT2D eigenvalue weighted by Crippen LogP contribution is -2.28. The first-order valence-electron chi connectivity index (χ1n) is 7.32. The summed E-state index contributed by atoms with van der Waals surface area (Å²) < 4.78 is 5.19. The second-order valence-corrected chi connectivity index (χ2v) is 6.96. The van der Waals surface area contributed by atoms with Crippen LogP contribution in [0.1, 0.15) is 18.5 Å². The minimum atomic E-state index is 0.00400. The summed E-state index contributed by atoms with van der Waals surface area (Å²) in [6.07, 6.45) is 2.05. The van der Waals surface area contributed by atoms with Crippen LogP contribution in [0.2, 0.25) is 0 Å². The molecule has 0 saturated heterocycles. The topological polar surface area (TPSA) is 38.3 Å². The third-order valence-electron chi connectivity index (χ3n) is 3.40. The van der Waals surface area contributed by atoms with Crippen molar-refractivity contribution in [3.05, 3.63) is 54.1 Å². The summed E-state index contributed by atoms with van der Waals surface area (Å²) in [6, 6.07) is 16.0. The zero-order valence-electron chi connectivity index (χ0n) is 13.5. The molecule has 2 aromatic rings. The molecule has 0 saturated carbocycles. The van der Waals surface area contributed by atoms with E-state index in [1.807, 2.05) is 31.2 Å². The van der Waals surface area contributed by atoms with E-state index in [1.54, 1.807) is 18.9 Å². The maximum absolute atomic E-state index is 12.1. The normalized spacial score (nSPS) is 11.8. The number of thioether (sulfide) groups is 2. The summed E-state index contributed by atoms with van der Waals surface area (Å²) in [5, 5.41) is 3.03. The molecule has 122 valence electrons. The van der Waals surface area contributed by atoms with Gasteiger partial charge in [-0.1, -0.05) is 18.2 Å². The maximum Gasteiger partial charge on any atom is 0.230 e. The van der Waals surface area contributed by atoms with Crippen molar-refractivity contribution in [2.45, 2.75) is 22.8 Å². The van der Waals surface area contributed by atoms with Gasteiger partial charge in [0.2, 0.25) is 5.91 Å². The highest BCUT2D eigenvalue weighted by molar-refractivity contribution is 8.00. The quantitative estimate of drug-likeness (QED) is 0.754. The number of nitrogens with one attached hydrogen (secondary N) is 1. The van der Waals surface area contributed by atoms with Crippen LogP contribution in [0.4, 0.5) is 0 Å². The van der Waals surface area contributed by atoms with Gasteiger partial charge in [0.15, 0.2) is 0 Å². The van der Waals surface area contributed by atoms with Crippen LogP contribution in [0.3, 0.4) is 0 Å². The molecule has 0 radical (unpaired) electrons. The van der Waals surface area contributed by atoms with Gasteiger partial charge in [0.1, 0.15) is 5.75 Å². The van der Waals surface area contributed by atoms with Crippen molar-refractivity contribution < 1.29 is 9.53 Å². The Kier molecular flexibility index (Phi) is 6.86. The molecule has 1 amide bonds. The van der Waals surface area contributed by atoms with Crippen LogP contribution in [0.15, 0.2) is 58.3 Å². The van der Waals surface area contributed by atoms with E-state index in [2.05, 4.69) is 35.8 Å². The van der Waals surface area contributed by atoms with E-state index in [1.165, 1.54) is 16.7 Å². The SMILES string of the molecule is COc1cccc(SCC(=O)N[C@H](C)c2ccc(SC)cc2)c1. The first kappa shape index (κ1) is 17.8. The Hall–Kier alpha value is -1.59. The number of rotatable bonds is 7. The Bertz CT molecular complexity index is 644. The third-order valence-corrected chi connectivity index (χ3v) is 5.14. The molecule has 0 aliphatic heterocycles. The summed E-state index contributed by atoms with van der Waals surface area (Å²) in [7, 11) is 1.64. The highest BCUT2D eigenvalue weighted by Crippen LogP contribution is 2.23. The maximum atomic E-state index is 12.1. The summed E-state index contributed by atoms with van der Waals surface area (Å²) in [5.74, 6) is 1.22. The van der Waals surface area contributed by atoms with Crippen molar-refractivity contribution in [3.8, 4) is 5.75 Å². The number of carbonyl (C=O) groups is 1. The lowest BCUT2D eigenvalue weighted by Gasteiger charge is -2.14. The van der Waals surface area contributed by atoms with E-state index >= 15 is 0 Å². The molecule has 23 heavy (non-hydrogen) atoms. The zero-order chi connectivity index (χ0) is 16.7. The molecule has 2 aromatic carbocycles. The van der Waals surface area contributed by atoms with Gasteiger partial charge in [0, 0.05) is 9.79 Å². The Balaban J connectivity index is 1.85. The van der Waals surface area contributed by atoms with Gasteiger partial charge in [-0.25, -0.2) is 0 Å². The smallest absolute Gasteiger partial charge is 0.230 e. The number of benzene rings is 2. The first-order chi connectivity index (χ1) is 11.1. The predicted molar refractivity (Wildman–Crippen MR) is 98.5 cm³/mol. The lowest BCUT2D eigenvalue weighted by atomic mass is 10.1. The average Bonchev–Trinajstić information content (AvgIpc) is 2.60. The molecule has 0 aliphatic carbocycles. The molecule has 5 heteroatoms. The van der Waals surface area contributed by atoms with Gasteiger partial charge in [-0.2, -0.15) is 0 Å². The second kappa shape index (κ2) is 8.89. The van der Waals surface area contributed by atoms with Gasteiger partial charge in [-0.3, -0.25) is 4.79 Å². The molecule has 0 bridgehead atoms. The van der Waals surface area contributed by atoms with Crippen LogP contribution in [0.5, 0.6) is 5.75 Å². The molecule has 3 nitrogen and oxygen atoms in total. The number of amides is 1. The van der Waals surface area contributed by atoms with Crippen LogP contribution in [-0.2, 0) is 4.79 Å². The molecule has 1 N–H and O–H groups in total. The van der Waals surface area contributed by atoms with E-state index in [0.717, 1.165) is 16.2 Å². The van der Waals surface area contributed by atoms with E-state index in [0.29, 0.717) is 5.75 Å². The molecule has 2 rings (SSSR count). The molecule has 0 unspecified atom stereocenters. The molecule has 1 atom stereocenters. The van der Waals surface area contributed by atoms with Crippen molar-refractivity contribution >= 4 is 29.4 Å². The predicted octanol–water partition coefficient (Wildman–Crippen LogP) is 4.39. The summed E-state index contributed by atoms with van der Waals surface area (Å²) in [5.41, 5.74) is 1.11. The fraction of sp³-hybridized carbons (Fsp3) is 0.278. The van der Waals surface area contributed by atoms with Crippen LogP contribution >= 0.6 is 23.5 Å². The van der Waals surface area contributed by atoms with Crippen LogP contribution < -0.4 is 10.1 Å². The Morgan fingerprint density at radius 2 is 1.91 bits per heavy atom. The Morgan fingerprint density at radius 3 is 2.57 bits per heavy atom. The molecule has 0 heterocycles. The van der Waals surface area contributed by atoms with Gasteiger partial charge < -0.3 is 10.1 Å². The molecule has 0 fully saturated rings. The standard InChI is InChI=1S/C18H21NO2S2/c1-13(14-7-9-16(22-3)10-8-14)19-18(20)12-23-17-6-4-5-15(11-17)21-2/h4-11,13H,12H2,1-3H3,(H,19,20)/t13-/m1/s1. The minimum absolute atomic E-state index is 0.00400. The van der Waals surface area contributed by atoms with Crippen molar-refractivity contribution in [2.75, 3.05) is 19.1 Å². The van der Waals surface area contributed by atoms with Crippen molar-refractivity contribution in [3.63, 3.8) is 0 Å². The second-order valence-electron chi connectivity index (χ2n) is 5.03. The number of carbonyl (C=O) groups excluding carboxylic acids is 1. The molecular formula is C18H21NO2S2. The van der Waals surface area contributed by atoms with Gasteiger partial charge in [-0.15, -0.1) is 23.5 Å². The first-order valence-corrected chi connectivity index (χ1v) is 9.53. The molecule has 0 spiro atoms. The minimum Gasteiger partial charge on any atom is -0.497 e. The zero-order valence-corrected chi connectivity index (χ0v) is 15.2. The lowest BCUT2D eigenvalue weighted by molar-refractivity contribution is -0.119. The fourth-order valence-corrected chi connectivity index (χ4v) is 3.26. The number of ether oxygens (including phenoxy) is 1. The Labute approximate surface area is 146 Å². The van der Waals surface area contributed by atoms with Gasteiger partial charge in [-0.05, 0) is 49.1 Å². The van der Waals surface area contributed by atoms with Crippen molar-refractivity contribution in [1.82, 2.24) is 5.32 Å². The summed E-state index contributed by atoms with van der Waals surface area (Å²) in [6.45, 7) is 2.00. The fourth-order valence-electron chi connectivity index (χ4n) is 2.10. The third kappa shape index (κ3) is 5.52. The van der Waals surface area contributed by atoms with Crippen molar-refractivity contribution in [2.24, 2.45) is 0 Å². The van der Waals surface area contributed by atoms with Crippen LogP contribution in [0, 0.1) is 0 Å². The van der Waals surface area contributed by atoms with Gasteiger partial charge in [0.25, 0.3) is 0 Å². The number of methoxy groups -OCH3 is 1. The summed E-state index contributed by atoms with van der Waals surface area (Å²) >= 11 is 3.22. The highest BCUT2D eigenvalue weighted by atomic mass is 32.2. The largest absolute Gasteiger partial charge is 0.497 e. The number of hydrogen-bond donors (Lipinski definition) is 1. The van der Waals surface area contributed by atoms with E-state index < -0.39 is 0 Å². The van der Waals surface area contributed by atoms with E-state index in [4.69, 9.17) is 4.74 Å². The highest BCUT2D eigenvalue weighted by Gasteiger charge is 2.10. The number of hydrogen-bond acceptors (Lipinski definition) is 4. The Morgan fingerprint density at radius 1 is 1.17 bits per heavy atom. The van der Waals surface area contributed by atoms with Crippen LogP contribution in [-0.4, -0.2) is 25.0 Å². The molecular weight excluding hydrogens is 326 g/mol. The van der Waals surface area contributed by atoms with E-state index in [-0.39, 0.29) is 11.9 Å². The average molecular weight is 348 g/mol. The van der Waals surface area contributed by atoms with E-state index in [9.17, 15) is 4.79 Å².